The molecule has 1 aliphatic heterocycles. The van der Waals surface area contributed by atoms with Crippen LogP contribution in [0.3, 0.4) is 0 Å². The summed E-state index contributed by atoms with van der Waals surface area (Å²) >= 11 is 0. The lowest BCUT2D eigenvalue weighted by atomic mass is 9.95. The van der Waals surface area contributed by atoms with Crippen LogP contribution in [0.1, 0.15) is 17.2 Å². The maximum Gasteiger partial charge on any atom is 0.290 e. The fourth-order valence-corrected chi connectivity index (χ4v) is 3.19. The van der Waals surface area contributed by atoms with Crippen molar-refractivity contribution >= 4 is 23.5 Å². The van der Waals surface area contributed by atoms with E-state index in [0.717, 1.165) is 5.56 Å². The van der Waals surface area contributed by atoms with Gasteiger partial charge in [0.05, 0.1) is 23.1 Å². The number of carbonyl (C=O) groups excluding carboxylic acids is 2. The molecule has 0 aliphatic carbocycles. The number of β-amino-alcohol motifs (C(OH)–C–C–N with tert-alkyl or cyclic N) is 1. The quantitative estimate of drug-likeness (QED) is 0.423. The Morgan fingerprint density at radius 1 is 1.14 bits per heavy atom. The van der Waals surface area contributed by atoms with E-state index in [4.69, 9.17) is 0 Å². The molecule has 0 bridgehead atoms. The molecule has 8 heteroatoms. The summed E-state index contributed by atoms with van der Waals surface area (Å²) in [6.45, 7) is -0.479. The van der Waals surface area contributed by atoms with Crippen molar-refractivity contribution in [2.24, 2.45) is 0 Å². The van der Waals surface area contributed by atoms with Crippen molar-refractivity contribution in [3.8, 4) is 0 Å². The van der Waals surface area contributed by atoms with Gasteiger partial charge in [-0.15, -0.1) is 0 Å². The molecule has 0 radical (unpaired) electrons. The number of ketones is 1. The number of amides is 1. The molecule has 1 aliphatic rings. The Kier molecular flexibility index (Phi) is 5.85. The van der Waals surface area contributed by atoms with Crippen LogP contribution in [0, 0.1) is 10.1 Å². The first-order valence-electron chi connectivity index (χ1n) is 8.80. The number of benzene rings is 2. The molecule has 1 atom stereocenters. The topological polar surface area (TPSA) is 121 Å². The Bertz CT molecular complexity index is 996. The summed E-state index contributed by atoms with van der Waals surface area (Å²) in [6.07, 6.45) is 2.82. The third-order valence-electron chi connectivity index (χ3n) is 4.56. The van der Waals surface area contributed by atoms with Gasteiger partial charge in [-0.05, 0) is 29.3 Å². The third-order valence-corrected chi connectivity index (χ3v) is 4.56. The molecule has 0 saturated carbocycles. The van der Waals surface area contributed by atoms with Crippen molar-refractivity contribution in [3.63, 3.8) is 0 Å². The summed E-state index contributed by atoms with van der Waals surface area (Å²) in [5, 5.41) is 30.5. The zero-order valence-electron chi connectivity index (χ0n) is 15.3. The van der Waals surface area contributed by atoms with Crippen molar-refractivity contribution in [3.05, 3.63) is 93.2 Å². The Morgan fingerprint density at radius 3 is 2.38 bits per heavy atom. The Morgan fingerprint density at radius 2 is 1.79 bits per heavy atom. The minimum Gasteiger partial charge on any atom is -0.503 e. The first-order chi connectivity index (χ1) is 13.9. The van der Waals surface area contributed by atoms with Gasteiger partial charge < -0.3 is 15.1 Å². The SMILES string of the molecule is O=C(/C=C/c1ccccc1)C1=C(O)C(=O)N(CCO)[C@H]1c1ccc([N+](=O)[O-])cc1. The summed E-state index contributed by atoms with van der Waals surface area (Å²) < 4.78 is 0. The van der Waals surface area contributed by atoms with Gasteiger partial charge in [-0.1, -0.05) is 36.4 Å². The second-order valence-electron chi connectivity index (χ2n) is 6.34. The van der Waals surface area contributed by atoms with Crippen LogP contribution in [-0.2, 0) is 9.59 Å². The van der Waals surface area contributed by atoms with Gasteiger partial charge in [0.15, 0.2) is 11.5 Å². The van der Waals surface area contributed by atoms with E-state index in [1.807, 2.05) is 18.2 Å². The smallest absolute Gasteiger partial charge is 0.290 e. The normalized spacial score (nSPS) is 16.7. The molecule has 0 spiro atoms. The number of non-ortho nitro benzene ring substituents is 1. The highest BCUT2D eigenvalue weighted by molar-refractivity contribution is 6.14. The summed E-state index contributed by atoms with van der Waals surface area (Å²) in [4.78, 5) is 36.8. The fraction of sp³-hybridized carbons (Fsp3) is 0.143. The number of aliphatic hydroxyl groups is 2. The first kappa shape index (κ1) is 20.0. The zero-order chi connectivity index (χ0) is 21.0. The van der Waals surface area contributed by atoms with Gasteiger partial charge in [0, 0.05) is 18.7 Å². The number of rotatable bonds is 7. The molecule has 29 heavy (non-hydrogen) atoms. The molecule has 0 fully saturated rings. The van der Waals surface area contributed by atoms with Gasteiger partial charge in [0.25, 0.3) is 11.6 Å². The number of carbonyl (C=O) groups is 2. The average molecular weight is 394 g/mol. The van der Waals surface area contributed by atoms with Crippen molar-refractivity contribution in [2.75, 3.05) is 13.2 Å². The molecule has 1 heterocycles. The average Bonchev–Trinajstić information content (AvgIpc) is 2.98. The molecular formula is C21H18N2O6. The second kappa shape index (κ2) is 8.49. The number of hydrogen-bond donors (Lipinski definition) is 2. The Balaban J connectivity index is 1.99. The summed E-state index contributed by atoms with van der Waals surface area (Å²) in [5.41, 5.74) is 0.906. The molecule has 2 aromatic carbocycles. The lowest BCUT2D eigenvalue weighted by Gasteiger charge is -2.25. The highest BCUT2D eigenvalue weighted by Crippen LogP contribution is 2.38. The van der Waals surface area contributed by atoms with E-state index < -0.39 is 28.4 Å². The van der Waals surface area contributed by atoms with Crippen LogP contribution < -0.4 is 0 Å². The molecule has 0 aromatic heterocycles. The van der Waals surface area contributed by atoms with Crippen LogP contribution >= 0.6 is 0 Å². The van der Waals surface area contributed by atoms with Gasteiger partial charge >= 0.3 is 0 Å². The number of hydrogen-bond acceptors (Lipinski definition) is 6. The monoisotopic (exact) mass is 394 g/mol. The summed E-state index contributed by atoms with van der Waals surface area (Å²) in [5.74, 6) is -2.04. The summed E-state index contributed by atoms with van der Waals surface area (Å²) in [7, 11) is 0. The maximum absolute atomic E-state index is 12.8. The molecule has 2 aromatic rings. The molecule has 3 rings (SSSR count). The number of nitro benzene ring substituents is 1. The van der Waals surface area contributed by atoms with E-state index in [2.05, 4.69) is 0 Å². The zero-order valence-corrected chi connectivity index (χ0v) is 15.3. The number of aliphatic hydroxyl groups excluding tert-OH is 2. The maximum atomic E-state index is 12.8. The largest absolute Gasteiger partial charge is 0.503 e. The van der Waals surface area contributed by atoms with Crippen molar-refractivity contribution in [1.82, 2.24) is 4.90 Å². The number of allylic oxidation sites excluding steroid dienone is 1. The van der Waals surface area contributed by atoms with Crippen LogP contribution in [0.5, 0.6) is 0 Å². The molecule has 0 unspecified atom stereocenters. The standard InChI is InChI=1S/C21H18N2O6/c24-13-12-22-19(15-7-9-16(10-8-15)23(28)29)18(20(26)21(22)27)17(25)11-6-14-4-2-1-3-5-14/h1-11,19,24,26H,12-13H2/b11-6+/t19-/m0/s1. The highest BCUT2D eigenvalue weighted by atomic mass is 16.6. The van der Waals surface area contributed by atoms with E-state index in [-0.39, 0.29) is 24.4 Å². The van der Waals surface area contributed by atoms with E-state index in [1.54, 1.807) is 18.2 Å². The third kappa shape index (κ3) is 4.07. The number of nitro groups is 1. The van der Waals surface area contributed by atoms with Gasteiger partial charge in [-0.25, -0.2) is 0 Å². The van der Waals surface area contributed by atoms with Crippen molar-refractivity contribution in [2.45, 2.75) is 6.04 Å². The lowest BCUT2D eigenvalue weighted by molar-refractivity contribution is -0.384. The highest BCUT2D eigenvalue weighted by Gasteiger charge is 2.42. The summed E-state index contributed by atoms with van der Waals surface area (Å²) in [6, 6.07) is 13.4. The molecule has 0 saturated heterocycles. The second-order valence-corrected chi connectivity index (χ2v) is 6.34. The first-order valence-corrected chi connectivity index (χ1v) is 8.80. The minimum atomic E-state index is -0.955. The van der Waals surface area contributed by atoms with Crippen molar-refractivity contribution < 1.29 is 24.7 Å². The Hall–Kier alpha value is -3.78. The Labute approximate surface area is 166 Å². The molecule has 148 valence electrons. The van der Waals surface area contributed by atoms with Gasteiger partial charge in [-0.3, -0.25) is 19.7 Å². The van der Waals surface area contributed by atoms with E-state index in [9.17, 15) is 29.9 Å². The van der Waals surface area contributed by atoms with E-state index in [1.165, 1.54) is 35.2 Å². The van der Waals surface area contributed by atoms with Crippen LogP contribution in [0.2, 0.25) is 0 Å². The van der Waals surface area contributed by atoms with Crippen LogP contribution in [0.25, 0.3) is 6.08 Å². The fourth-order valence-electron chi connectivity index (χ4n) is 3.19. The number of nitrogens with zero attached hydrogens (tertiary/aromatic N) is 2. The van der Waals surface area contributed by atoms with Gasteiger partial charge in [-0.2, -0.15) is 0 Å². The molecule has 1 amide bonds. The van der Waals surface area contributed by atoms with E-state index in [0.29, 0.717) is 5.56 Å². The van der Waals surface area contributed by atoms with Crippen LogP contribution in [-0.4, -0.2) is 44.9 Å². The van der Waals surface area contributed by atoms with Crippen molar-refractivity contribution in [1.29, 1.82) is 0 Å². The molecular weight excluding hydrogens is 376 g/mol. The minimum absolute atomic E-state index is 0.107. The van der Waals surface area contributed by atoms with Gasteiger partial charge in [0.2, 0.25) is 0 Å². The lowest BCUT2D eigenvalue weighted by Crippen LogP contribution is -2.33. The van der Waals surface area contributed by atoms with Crippen LogP contribution in [0.4, 0.5) is 5.69 Å². The predicted octanol–water partition coefficient (Wildman–Crippen LogP) is 2.57. The predicted molar refractivity (Wildman–Crippen MR) is 105 cm³/mol. The molecule has 8 nitrogen and oxygen atoms in total. The van der Waals surface area contributed by atoms with Crippen LogP contribution in [0.15, 0.2) is 72.0 Å². The van der Waals surface area contributed by atoms with Gasteiger partial charge in [0.1, 0.15) is 0 Å². The van der Waals surface area contributed by atoms with E-state index >= 15 is 0 Å². The molecule has 2 N–H and O–H groups in total.